The van der Waals surface area contributed by atoms with Crippen LogP contribution in [0.2, 0.25) is 0 Å². The molecule has 0 spiro atoms. The molecule has 70 valence electrons. The van der Waals surface area contributed by atoms with Crippen molar-refractivity contribution in [1.82, 2.24) is 9.97 Å². The van der Waals surface area contributed by atoms with Crippen LogP contribution in [0, 0.1) is 0 Å². The van der Waals surface area contributed by atoms with Crippen molar-refractivity contribution < 1.29 is 69.3 Å². The molecule has 0 radical (unpaired) electrons. The fraction of sp³-hybridized carbons (Fsp3) is 0.333. The van der Waals surface area contributed by atoms with Gasteiger partial charge in [-0.2, -0.15) is 4.98 Å². The Hall–Kier alpha value is 0.240. The van der Waals surface area contributed by atoms with Crippen LogP contribution in [0.1, 0.15) is 0 Å². The Kier molecular flexibility index (Phi) is 6.19. The molecule has 1 aliphatic rings. The molecule has 0 amide bonds. The van der Waals surface area contributed by atoms with Crippen molar-refractivity contribution in [3.05, 3.63) is 0 Å². The number of aromatic nitrogens is 2. The predicted molar refractivity (Wildman–Crippen MR) is 41.8 cm³/mol. The molecule has 1 unspecified atom stereocenters. The topological polar surface area (TPSA) is 122 Å². The second kappa shape index (κ2) is 6.09. The van der Waals surface area contributed by atoms with E-state index in [0.717, 1.165) is 0 Å². The van der Waals surface area contributed by atoms with Gasteiger partial charge in [0.05, 0.1) is 5.69 Å². The van der Waals surface area contributed by atoms with Gasteiger partial charge in [-0.05, 0) is 6.23 Å². The molecule has 1 atom stereocenters. The summed E-state index contributed by atoms with van der Waals surface area (Å²) in [5.74, 6) is -0.359. The van der Waals surface area contributed by atoms with Gasteiger partial charge in [-0.25, -0.2) is 4.98 Å². The molecule has 1 aliphatic heterocycles. The number of rotatable bonds is 0. The van der Waals surface area contributed by atoms with Gasteiger partial charge in [0.1, 0.15) is 0 Å². The number of hydrogen-bond acceptors (Lipinski definition) is 7. The summed E-state index contributed by atoms with van der Waals surface area (Å²) in [5, 5.41) is 27.2. The SMILES string of the molecule is Nc1nc([O-])c2c(n1)NCC([O-])N2.[Na+].[Na+]. The second-order valence-electron chi connectivity index (χ2n) is 2.62. The van der Waals surface area contributed by atoms with Gasteiger partial charge in [-0.1, -0.05) is 0 Å². The molecule has 2 heterocycles. The Labute approximate surface area is 130 Å². The summed E-state index contributed by atoms with van der Waals surface area (Å²) in [6, 6.07) is 0. The van der Waals surface area contributed by atoms with Crippen LogP contribution in [0.4, 0.5) is 17.5 Å². The Morgan fingerprint density at radius 2 is 2.00 bits per heavy atom. The third-order valence-electron chi connectivity index (χ3n) is 1.65. The molecule has 0 saturated heterocycles. The van der Waals surface area contributed by atoms with E-state index in [1.165, 1.54) is 0 Å². The average Bonchev–Trinajstić information content (AvgIpc) is 2.06. The van der Waals surface area contributed by atoms with E-state index >= 15 is 0 Å². The zero-order chi connectivity index (χ0) is 9.42. The first-order chi connectivity index (χ1) is 6.16. The standard InChI is InChI=1S/C6H8N5O2.2Na/c7-6-10-4-3(5(13)11-6)9-2(12)1-8-4;;/h2,9H,1H2,(H4,7,8,10,11,13);;/q-1;2*+1/p-1. The van der Waals surface area contributed by atoms with Crippen molar-refractivity contribution in [3.63, 3.8) is 0 Å². The number of fused-ring (bicyclic) bond motifs is 1. The van der Waals surface area contributed by atoms with Gasteiger partial charge in [0.2, 0.25) is 5.95 Å². The summed E-state index contributed by atoms with van der Waals surface area (Å²) in [4.78, 5) is 7.15. The van der Waals surface area contributed by atoms with Gasteiger partial charge in [0.25, 0.3) is 0 Å². The number of anilines is 3. The van der Waals surface area contributed by atoms with Crippen molar-refractivity contribution in [3.8, 4) is 5.88 Å². The predicted octanol–water partition coefficient (Wildman–Crippen LogP) is -8.34. The molecule has 0 saturated carbocycles. The van der Waals surface area contributed by atoms with Crippen LogP contribution < -0.4 is 85.7 Å². The van der Waals surface area contributed by atoms with E-state index in [9.17, 15) is 10.2 Å². The number of nitrogens with zero attached hydrogens (tertiary/aromatic N) is 2. The zero-order valence-corrected chi connectivity index (χ0v) is 12.6. The molecular formula is C6H7N5Na2O2. The molecule has 0 aromatic carbocycles. The summed E-state index contributed by atoms with van der Waals surface area (Å²) >= 11 is 0. The van der Waals surface area contributed by atoms with Crippen LogP contribution in [0.5, 0.6) is 5.88 Å². The maximum atomic E-state index is 11.2. The summed E-state index contributed by atoms with van der Waals surface area (Å²) in [6.07, 6.45) is -1.05. The van der Waals surface area contributed by atoms with Crippen LogP contribution in [0.25, 0.3) is 0 Å². The Bertz CT molecular complexity index is 351. The van der Waals surface area contributed by atoms with Gasteiger partial charge in [0, 0.05) is 12.4 Å². The smallest absolute Gasteiger partial charge is 0.857 e. The van der Waals surface area contributed by atoms with Crippen molar-refractivity contribution in [2.24, 2.45) is 0 Å². The number of nitrogen functional groups attached to an aromatic ring is 1. The summed E-state index contributed by atoms with van der Waals surface area (Å²) < 4.78 is 0. The van der Waals surface area contributed by atoms with E-state index in [1.807, 2.05) is 0 Å². The summed E-state index contributed by atoms with van der Waals surface area (Å²) in [5.41, 5.74) is 5.35. The van der Waals surface area contributed by atoms with E-state index in [4.69, 9.17) is 5.73 Å². The molecule has 0 aliphatic carbocycles. The van der Waals surface area contributed by atoms with Gasteiger partial charge >= 0.3 is 59.1 Å². The minimum atomic E-state index is -1.05. The number of nitrogens with one attached hydrogen (secondary N) is 2. The van der Waals surface area contributed by atoms with E-state index < -0.39 is 12.1 Å². The molecule has 4 N–H and O–H groups in total. The van der Waals surface area contributed by atoms with E-state index in [1.54, 1.807) is 0 Å². The molecule has 0 bridgehead atoms. The Balaban J connectivity index is 0.000000980. The zero-order valence-electron chi connectivity index (χ0n) is 8.57. The fourth-order valence-electron chi connectivity index (χ4n) is 1.12. The first-order valence-corrected chi connectivity index (χ1v) is 3.67. The van der Waals surface area contributed by atoms with E-state index in [0.29, 0.717) is 5.82 Å². The quantitative estimate of drug-likeness (QED) is 0.376. The Morgan fingerprint density at radius 3 is 2.67 bits per heavy atom. The molecule has 7 nitrogen and oxygen atoms in total. The third kappa shape index (κ3) is 3.35. The number of hydrogen-bond donors (Lipinski definition) is 3. The first-order valence-electron chi connectivity index (χ1n) is 3.67. The maximum Gasteiger partial charge on any atom is 1.00 e. The summed E-state index contributed by atoms with van der Waals surface area (Å²) in [6.45, 7) is 0.170. The summed E-state index contributed by atoms with van der Waals surface area (Å²) in [7, 11) is 0. The van der Waals surface area contributed by atoms with Crippen molar-refractivity contribution in [2.45, 2.75) is 6.23 Å². The van der Waals surface area contributed by atoms with Crippen LogP contribution in [0.3, 0.4) is 0 Å². The molecule has 2 rings (SSSR count). The first kappa shape index (κ1) is 15.2. The average molecular weight is 227 g/mol. The van der Waals surface area contributed by atoms with Gasteiger partial charge in [-0.3, -0.25) is 0 Å². The monoisotopic (exact) mass is 227 g/mol. The molecular weight excluding hydrogens is 220 g/mol. The van der Waals surface area contributed by atoms with Crippen LogP contribution in [0.15, 0.2) is 0 Å². The Morgan fingerprint density at radius 1 is 1.33 bits per heavy atom. The van der Waals surface area contributed by atoms with Crippen molar-refractivity contribution in [2.75, 3.05) is 22.9 Å². The minimum absolute atomic E-state index is 0. The molecule has 9 heteroatoms. The maximum absolute atomic E-state index is 11.2. The molecule has 1 aromatic rings. The van der Waals surface area contributed by atoms with Gasteiger partial charge in [0.15, 0.2) is 5.82 Å². The fourth-order valence-corrected chi connectivity index (χ4v) is 1.12. The van der Waals surface area contributed by atoms with Crippen LogP contribution >= 0.6 is 0 Å². The van der Waals surface area contributed by atoms with E-state index in [-0.39, 0.29) is 77.3 Å². The molecule has 1 aromatic heterocycles. The normalized spacial score (nSPS) is 17.3. The van der Waals surface area contributed by atoms with Crippen molar-refractivity contribution >= 4 is 17.5 Å². The van der Waals surface area contributed by atoms with E-state index in [2.05, 4.69) is 20.6 Å². The van der Waals surface area contributed by atoms with Crippen LogP contribution in [-0.2, 0) is 0 Å². The number of nitrogens with two attached hydrogens (primary N) is 1. The largest absolute Gasteiger partial charge is 1.00 e. The van der Waals surface area contributed by atoms with Crippen molar-refractivity contribution in [1.29, 1.82) is 0 Å². The second-order valence-corrected chi connectivity index (χ2v) is 2.62. The minimum Gasteiger partial charge on any atom is -0.857 e. The molecule has 0 fully saturated rings. The third-order valence-corrected chi connectivity index (χ3v) is 1.65. The van der Waals surface area contributed by atoms with Gasteiger partial charge < -0.3 is 26.6 Å². The van der Waals surface area contributed by atoms with Gasteiger partial charge in [-0.15, -0.1) is 0 Å². The van der Waals surface area contributed by atoms with Crippen LogP contribution in [-0.4, -0.2) is 22.7 Å². The molecule has 15 heavy (non-hydrogen) atoms.